The SMILES string of the molecule is Cc1nc(C)nc(-c2ccc3c(c2)C2(c4ccccc4Oc4c(-c5ccccc5-c5ccc6c7c(cccc57)-c5ccccc5-6)cccc42)c2ccccc2-3)n1. The minimum atomic E-state index is -0.651. The Labute approximate surface area is 324 Å². The summed E-state index contributed by atoms with van der Waals surface area (Å²) in [6.07, 6.45) is 0. The summed E-state index contributed by atoms with van der Waals surface area (Å²) in [6.45, 7) is 3.85. The van der Waals surface area contributed by atoms with Gasteiger partial charge in [0.05, 0.1) is 5.41 Å². The number of fused-ring (bicyclic) bond motifs is 12. The lowest BCUT2D eigenvalue weighted by Gasteiger charge is -2.40. The third-order valence-corrected chi connectivity index (χ3v) is 12.1. The Kier molecular flexibility index (Phi) is 6.37. The van der Waals surface area contributed by atoms with Gasteiger partial charge in [0.1, 0.15) is 23.1 Å². The molecule has 0 amide bonds. The molecule has 0 radical (unpaired) electrons. The predicted molar refractivity (Wildman–Crippen MR) is 225 cm³/mol. The summed E-state index contributed by atoms with van der Waals surface area (Å²) in [5.74, 6) is 3.83. The van der Waals surface area contributed by atoms with Gasteiger partial charge < -0.3 is 4.74 Å². The van der Waals surface area contributed by atoms with Gasteiger partial charge in [-0.25, -0.2) is 15.0 Å². The molecule has 2 heterocycles. The van der Waals surface area contributed by atoms with E-state index in [9.17, 15) is 0 Å². The van der Waals surface area contributed by atoms with Crippen LogP contribution >= 0.6 is 0 Å². The van der Waals surface area contributed by atoms with Crippen molar-refractivity contribution in [3.63, 3.8) is 0 Å². The highest BCUT2D eigenvalue weighted by atomic mass is 16.5. The Hall–Kier alpha value is -7.17. The van der Waals surface area contributed by atoms with Crippen molar-refractivity contribution in [3.8, 4) is 78.5 Å². The summed E-state index contributed by atoms with van der Waals surface area (Å²) in [5, 5.41) is 2.57. The standard InChI is InChI=1S/C52H33N3O/c1-30-53-31(2)55-51(54-30)32-25-26-39-38-17-7-8-21-44(38)52(47(39)29-32)45-22-9-10-24-48(45)56-50-43(20-12-23-46(50)52)36-16-6-3-13-33(36)37-27-28-42-35-15-5-4-14-34(35)40-18-11-19-41(37)49(40)42/h3-29H,1-2H3. The van der Waals surface area contributed by atoms with Crippen LogP contribution in [0.3, 0.4) is 0 Å². The molecule has 2 aliphatic carbocycles. The fourth-order valence-electron chi connectivity index (χ4n) is 10.0. The quantitative estimate of drug-likeness (QED) is 0.183. The van der Waals surface area contributed by atoms with Crippen LogP contribution in [0.15, 0.2) is 164 Å². The number of aryl methyl sites for hydroxylation is 2. The molecule has 8 aromatic carbocycles. The molecule has 1 spiro atoms. The van der Waals surface area contributed by atoms with Crippen molar-refractivity contribution in [3.05, 3.63) is 198 Å². The molecule has 0 N–H and O–H groups in total. The summed E-state index contributed by atoms with van der Waals surface area (Å²) < 4.78 is 7.16. The van der Waals surface area contributed by atoms with E-state index in [1.807, 2.05) is 13.8 Å². The van der Waals surface area contributed by atoms with Crippen molar-refractivity contribution in [1.29, 1.82) is 0 Å². The highest BCUT2D eigenvalue weighted by molar-refractivity contribution is 6.19. The topological polar surface area (TPSA) is 47.9 Å². The number of aromatic nitrogens is 3. The molecule has 0 fully saturated rings. The molecule has 1 aromatic heterocycles. The monoisotopic (exact) mass is 715 g/mol. The molecule has 3 aliphatic rings. The summed E-state index contributed by atoms with van der Waals surface area (Å²) in [5.41, 5.74) is 17.2. The van der Waals surface area contributed by atoms with E-state index in [4.69, 9.17) is 14.7 Å². The fourth-order valence-corrected chi connectivity index (χ4v) is 10.0. The van der Waals surface area contributed by atoms with E-state index in [0.29, 0.717) is 17.5 Å². The number of rotatable bonds is 3. The van der Waals surface area contributed by atoms with E-state index < -0.39 is 5.41 Å². The highest BCUT2D eigenvalue weighted by Gasteiger charge is 2.51. The molecule has 1 atom stereocenters. The van der Waals surface area contributed by atoms with E-state index in [1.165, 1.54) is 66.4 Å². The van der Waals surface area contributed by atoms with Gasteiger partial charge in [-0.2, -0.15) is 0 Å². The van der Waals surface area contributed by atoms with Crippen LogP contribution in [-0.4, -0.2) is 15.0 Å². The molecule has 0 bridgehead atoms. The summed E-state index contributed by atoms with van der Waals surface area (Å²) in [6, 6.07) is 59.8. The first-order valence-corrected chi connectivity index (χ1v) is 19.2. The molecule has 12 rings (SSSR count). The molecule has 0 saturated heterocycles. The molecule has 56 heavy (non-hydrogen) atoms. The molecule has 1 unspecified atom stereocenters. The summed E-state index contributed by atoms with van der Waals surface area (Å²) in [4.78, 5) is 14.1. The Morgan fingerprint density at radius 1 is 0.393 bits per heavy atom. The van der Waals surface area contributed by atoms with E-state index in [1.54, 1.807) is 0 Å². The summed E-state index contributed by atoms with van der Waals surface area (Å²) in [7, 11) is 0. The first kappa shape index (κ1) is 31.2. The van der Waals surface area contributed by atoms with Gasteiger partial charge in [-0.3, -0.25) is 0 Å². The third-order valence-electron chi connectivity index (χ3n) is 12.1. The number of ether oxygens (including phenoxy) is 1. The van der Waals surface area contributed by atoms with Crippen LogP contribution < -0.4 is 4.74 Å². The van der Waals surface area contributed by atoms with Crippen molar-refractivity contribution in [2.45, 2.75) is 19.3 Å². The first-order chi connectivity index (χ1) is 27.6. The molecule has 0 saturated carbocycles. The zero-order valence-electron chi connectivity index (χ0n) is 30.8. The Morgan fingerprint density at radius 2 is 0.911 bits per heavy atom. The van der Waals surface area contributed by atoms with Crippen molar-refractivity contribution in [2.24, 2.45) is 0 Å². The lowest BCUT2D eigenvalue weighted by Crippen LogP contribution is -2.32. The maximum Gasteiger partial charge on any atom is 0.163 e. The molecule has 262 valence electrons. The largest absolute Gasteiger partial charge is 0.456 e. The number of hydrogen-bond donors (Lipinski definition) is 0. The maximum atomic E-state index is 7.16. The zero-order valence-corrected chi connectivity index (χ0v) is 30.8. The van der Waals surface area contributed by atoms with Gasteiger partial charge >= 0.3 is 0 Å². The van der Waals surface area contributed by atoms with E-state index in [0.717, 1.165) is 39.3 Å². The maximum absolute atomic E-state index is 7.16. The van der Waals surface area contributed by atoms with Gasteiger partial charge in [0.2, 0.25) is 0 Å². The van der Waals surface area contributed by atoms with Gasteiger partial charge in [0, 0.05) is 22.3 Å². The van der Waals surface area contributed by atoms with Gasteiger partial charge in [0.15, 0.2) is 5.82 Å². The molecular formula is C52H33N3O. The lowest BCUT2D eigenvalue weighted by molar-refractivity contribution is 0.438. The predicted octanol–water partition coefficient (Wildman–Crippen LogP) is 12.8. The number of nitrogens with zero attached hydrogens (tertiary/aromatic N) is 3. The Balaban J connectivity index is 1.12. The van der Waals surface area contributed by atoms with Crippen molar-refractivity contribution >= 4 is 10.8 Å². The van der Waals surface area contributed by atoms with Crippen LogP contribution in [-0.2, 0) is 5.41 Å². The van der Waals surface area contributed by atoms with Crippen molar-refractivity contribution in [2.75, 3.05) is 0 Å². The second-order valence-electron chi connectivity index (χ2n) is 15.1. The fraction of sp³-hybridized carbons (Fsp3) is 0.0577. The number of benzene rings is 8. The average Bonchev–Trinajstić information content (AvgIpc) is 3.72. The molecule has 1 aliphatic heterocycles. The number of hydrogen-bond acceptors (Lipinski definition) is 4. The minimum absolute atomic E-state index is 0.651. The van der Waals surface area contributed by atoms with Crippen molar-refractivity contribution < 1.29 is 4.74 Å². The zero-order chi connectivity index (χ0) is 37.1. The second kappa shape index (κ2) is 11.4. The van der Waals surface area contributed by atoms with E-state index in [-0.39, 0.29) is 0 Å². The van der Waals surface area contributed by atoms with E-state index in [2.05, 4.69) is 169 Å². The minimum Gasteiger partial charge on any atom is -0.456 e. The van der Waals surface area contributed by atoms with Gasteiger partial charge in [-0.15, -0.1) is 0 Å². The Morgan fingerprint density at radius 3 is 1.68 bits per heavy atom. The first-order valence-electron chi connectivity index (χ1n) is 19.2. The van der Waals surface area contributed by atoms with Crippen LogP contribution in [0.4, 0.5) is 0 Å². The van der Waals surface area contributed by atoms with Gasteiger partial charge in [-0.05, 0) is 98.0 Å². The molecule has 4 heteroatoms. The smallest absolute Gasteiger partial charge is 0.163 e. The van der Waals surface area contributed by atoms with Gasteiger partial charge in [-0.1, -0.05) is 152 Å². The third kappa shape index (κ3) is 4.10. The van der Waals surface area contributed by atoms with Crippen LogP contribution in [0.25, 0.3) is 77.8 Å². The normalized spacial score (nSPS) is 15.2. The second-order valence-corrected chi connectivity index (χ2v) is 15.1. The number of para-hydroxylation sites is 2. The molecular weight excluding hydrogens is 683 g/mol. The summed E-state index contributed by atoms with van der Waals surface area (Å²) >= 11 is 0. The highest BCUT2D eigenvalue weighted by Crippen LogP contribution is 2.64. The molecule has 4 nitrogen and oxygen atoms in total. The van der Waals surface area contributed by atoms with Crippen LogP contribution in [0, 0.1) is 13.8 Å². The van der Waals surface area contributed by atoms with E-state index >= 15 is 0 Å². The Bertz CT molecular complexity index is 3110. The van der Waals surface area contributed by atoms with Crippen molar-refractivity contribution in [1.82, 2.24) is 15.0 Å². The van der Waals surface area contributed by atoms with Crippen LogP contribution in [0.5, 0.6) is 11.5 Å². The molecule has 9 aromatic rings. The van der Waals surface area contributed by atoms with Crippen LogP contribution in [0.2, 0.25) is 0 Å². The average molecular weight is 716 g/mol. The van der Waals surface area contributed by atoms with Gasteiger partial charge in [0.25, 0.3) is 0 Å². The lowest BCUT2D eigenvalue weighted by atomic mass is 9.65. The van der Waals surface area contributed by atoms with Crippen LogP contribution in [0.1, 0.15) is 33.9 Å².